The number of nitro benzene ring substituents is 1. The fourth-order valence-electron chi connectivity index (χ4n) is 1.06. The number of methoxy groups -OCH3 is 1. The van der Waals surface area contributed by atoms with Crippen molar-refractivity contribution in [2.75, 3.05) is 13.9 Å². The minimum Gasteiger partial charge on any atom is -0.468 e. The van der Waals surface area contributed by atoms with E-state index < -0.39 is 24.6 Å². The minimum absolute atomic E-state index is 0.108. The van der Waals surface area contributed by atoms with E-state index in [0.717, 1.165) is 12.1 Å². The molecule has 0 radical (unpaired) electrons. The van der Waals surface area contributed by atoms with E-state index in [4.69, 9.17) is 15.4 Å². The van der Waals surface area contributed by atoms with Gasteiger partial charge in [0.2, 0.25) is 0 Å². The van der Waals surface area contributed by atoms with Gasteiger partial charge in [0.1, 0.15) is 5.75 Å². The van der Waals surface area contributed by atoms with Gasteiger partial charge in [-0.05, 0) is 6.07 Å². The molecule has 0 aliphatic heterocycles. The van der Waals surface area contributed by atoms with Crippen LogP contribution in [0.15, 0.2) is 23.1 Å². The molecule has 0 amide bonds. The van der Waals surface area contributed by atoms with E-state index in [0.29, 0.717) is 0 Å². The topological polar surface area (TPSA) is 95.7 Å². The Hall–Kier alpha value is -1.38. The molecule has 0 bridgehead atoms. The zero-order valence-electron chi connectivity index (χ0n) is 8.62. The van der Waals surface area contributed by atoms with Crippen LogP contribution in [0, 0.1) is 10.1 Å². The normalized spacial score (nSPS) is 11.2. The van der Waals surface area contributed by atoms with Crippen LogP contribution < -0.4 is 4.74 Å². The fraction of sp³-hybridized carbons (Fsp3) is 0.250. The summed E-state index contributed by atoms with van der Waals surface area (Å²) in [5.74, 6) is 0.108. The number of ether oxygens (including phenoxy) is 2. The van der Waals surface area contributed by atoms with Crippen molar-refractivity contribution in [2.45, 2.75) is 4.90 Å². The maximum absolute atomic E-state index is 11.2. The Morgan fingerprint density at radius 3 is 2.59 bits per heavy atom. The molecule has 17 heavy (non-hydrogen) atoms. The van der Waals surface area contributed by atoms with Crippen LogP contribution in [-0.4, -0.2) is 27.2 Å². The van der Waals surface area contributed by atoms with Crippen LogP contribution in [0.1, 0.15) is 0 Å². The maximum atomic E-state index is 11.2. The molecule has 0 unspecified atom stereocenters. The summed E-state index contributed by atoms with van der Waals surface area (Å²) in [5, 5.41) is 10.6. The summed E-state index contributed by atoms with van der Waals surface area (Å²) in [7, 11) is 2.26. The van der Waals surface area contributed by atoms with Crippen LogP contribution in [0.4, 0.5) is 5.69 Å². The van der Waals surface area contributed by atoms with Crippen molar-refractivity contribution in [1.29, 1.82) is 0 Å². The predicted molar refractivity (Wildman–Crippen MR) is 58.6 cm³/mol. The molecular formula is C8H8ClNO6S. The van der Waals surface area contributed by atoms with Gasteiger partial charge in [-0.1, -0.05) is 0 Å². The molecule has 94 valence electrons. The maximum Gasteiger partial charge on any atom is 0.289 e. The second-order valence-electron chi connectivity index (χ2n) is 2.88. The van der Waals surface area contributed by atoms with E-state index in [9.17, 15) is 18.5 Å². The Labute approximate surface area is 101 Å². The fourth-order valence-corrected chi connectivity index (χ4v) is 2.08. The van der Waals surface area contributed by atoms with Crippen LogP contribution in [-0.2, 0) is 13.8 Å². The van der Waals surface area contributed by atoms with E-state index in [1.807, 2.05) is 0 Å². The van der Waals surface area contributed by atoms with E-state index in [1.165, 1.54) is 13.2 Å². The Bertz CT molecular complexity index is 529. The lowest BCUT2D eigenvalue weighted by atomic mass is 10.3. The SMILES string of the molecule is COCOc1ccc([N+](=O)[O-])c(S(=O)(=O)Cl)c1. The molecule has 9 heteroatoms. The largest absolute Gasteiger partial charge is 0.468 e. The molecule has 1 rings (SSSR count). The quantitative estimate of drug-likeness (QED) is 0.351. The Morgan fingerprint density at radius 1 is 1.47 bits per heavy atom. The van der Waals surface area contributed by atoms with E-state index in [2.05, 4.69) is 4.74 Å². The van der Waals surface area contributed by atoms with Gasteiger partial charge < -0.3 is 9.47 Å². The summed E-state index contributed by atoms with van der Waals surface area (Å²) >= 11 is 0. The molecule has 0 aliphatic rings. The zero-order valence-corrected chi connectivity index (χ0v) is 10.2. The van der Waals surface area contributed by atoms with Gasteiger partial charge in [0, 0.05) is 29.9 Å². The monoisotopic (exact) mass is 281 g/mol. The van der Waals surface area contributed by atoms with E-state index in [1.54, 1.807) is 0 Å². The molecule has 0 heterocycles. The Kier molecular flexibility index (Phi) is 4.27. The second-order valence-corrected chi connectivity index (χ2v) is 5.41. The zero-order chi connectivity index (χ0) is 13.1. The Balaban J connectivity index is 3.25. The highest BCUT2D eigenvalue weighted by molar-refractivity contribution is 8.13. The molecule has 0 N–H and O–H groups in total. The summed E-state index contributed by atoms with van der Waals surface area (Å²) in [5.41, 5.74) is -0.607. The van der Waals surface area contributed by atoms with Crippen LogP contribution in [0.5, 0.6) is 5.75 Å². The molecule has 0 spiro atoms. The van der Waals surface area contributed by atoms with Gasteiger partial charge in [-0.25, -0.2) is 8.42 Å². The van der Waals surface area contributed by atoms with Crippen molar-refractivity contribution in [3.05, 3.63) is 28.3 Å². The summed E-state index contributed by atoms with van der Waals surface area (Å²) in [6.07, 6.45) is 0. The third-order valence-electron chi connectivity index (χ3n) is 1.73. The summed E-state index contributed by atoms with van der Waals surface area (Å²) in [6, 6.07) is 3.22. The van der Waals surface area contributed by atoms with Crippen LogP contribution >= 0.6 is 10.7 Å². The first-order valence-electron chi connectivity index (χ1n) is 4.21. The van der Waals surface area contributed by atoms with Crippen LogP contribution in [0.3, 0.4) is 0 Å². The molecule has 1 aromatic rings. The summed E-state index contributed by atoms with van der Waals surface area (Å²) < 4.78 is 31.9. The molecule has 0 aromatic heterocycles. The minimum atomic E-state index is -4.22. The number of rotatable bonds is 5. The summed E-state index contributed by atoms with van der Waals surface area (Å²) in [4.78, 5) is 9.16. The predicted octanol–water partition coefficient (Wildman–Crippen LogP) is 1.50. The average Bonchev–Trinajstić information content (AvgIpc) is 2.24. The molecule has 0 saturated heterocycles. The molecule has 0 atom stereocenters. The Morgan fingerprint density at radius 2 is 2.12 bits per heavy atom. The highest BCUT2D eigenvalue weighted by Gasteiger charge is 2.24. The lowest BCUT2D eigenvalue weighted by Crippen LogP contribution is -2.02. The van der Waals surface area contributed by atoms with Crippen molar-refractivity contribution >= 4 is 25.4 Å². The molecule has 1 aromatic carbocycles. The number of hydrogen-bond donors (Lipinski definition) is 0. The van der Waals surface area contributed by atoms with Crippen LogP contribution in [0.2, 0.25) is 0 Å². The first-order chi connectivity index (χ1) is 7.86. The lowest BCUT2D eigenvalue weighted by Gasteiger charge is -2.05. The summed E-state index contributed by atoms with van der Waals surface area (Å²) in [6.45, 7) is -0.112. The van der Waals surface area contributed by atoms with E-state index in [-0.39, 0.29) is 12.5 Å². The van der Waals surface area contributed by atoms with Gasteiger partial charge in [-0.3, -0.25) is 10.1 Å². The first-order valence-corrected chi connectivity index (χ1v) is 6.52. The van der Waals surface area contributed by atoms with Gasteiger partial charge in [0.05, 0.1) is 4.92 Å². The van der Waals surface area contributed by atoms with Crippen molar-refractivity contribution in [2.24, 2.45) is 0 Å². The number of nitro groups is 1. The molecule has 7 nitrogen and oxygen atoms in total. The van der Waals surface area contributed by atoms with Crippen molar-refractivity contribution in [3.8, 4) is 5.75 Å². The van der Waals surface area contributed by atoms with Gasteiger partial charge in [-0.2, -0.15) is 0 Å². The average molecular weight is 282 g/mol. The third-order valence-corrected chi connectivity index (χ3v) is 3.09. The second kappa shape index (κ2) is 5.30. The highest BCUT2D eigenvalue weighted by atomic mass is 35.7. The first kappa shape index (κ1) is 13.7. The van der Waals surface area contributed by atoms with Crippen molar-refractivity contribution in [1.82, 2.24) is 0 Å². The molecule has 0 fully saturated rings. The molecule has 0 saturated carbocycles. The highest BCUT2D eigenvalue weighted by Crippen LogP contribution is 2.30. The van der Waals surface area contributed by atoms with Gasteiger partial charge in [0.25, 0.3) is 14.7 Å². The van der Waals surface area contributed by atoms with Gasteiger partial charge >= 0.3 is 0 Å². The number of hydrogen-bond acceptors (Lipinski definition) is 6. The van der Waals surface area contributed by atoms with E-state index >= 15 is 0 Å². The van der Waals surface area contributed by atoms with Crippen molar-refractivity contribution < 1.29 is 22.8 Å². The van der Waals surface area contributed by atoms with Gasteiger partial charge in [-0.15, -0.1) is 0 Å². The standard InChI is InChI=1S/C8H8ClNO6S/c1-15-5-16-6-2-3-7(10(11)12)8(4-6)17(9,13)14/h2-4H,5H2,1H3. The number of benzene rings is 1. The van der Waals surface area contributed by atoms with Crippen molar-refractivity contribution in [3.63, 3.8) is 0 Å². The van der Waals surface area contributed by atoms with Gasteiger partial charge in [0.15, 0.2) is 11.7 Å². The lowest BCUT2D eigenvalue weighted by molar-refractivity contribution is -0.387. The number of nitrogens with zero attached hydrogens (tertiary/aromatic N) is 1. The molecular weight excluding hydrogens is 274 g/mol. The third kappa shape index (κ3) is 3.55. The van der Waals surface area contributed by atoms with Crippen LogP contribution in [0.25, 0.3) is 0 Å². The number of halogens is 1. The molecule has 0 aliphatic carbocycles. The smallest absolute Gasteiger partial charge is 0.289 e.